The lowest BCUT2D eigenvalue weighted by Crippen LogP contribution is -2.49. The Morgan fingerprint density at radius 2 is 1.78 bits per heavy atom. The molecule has 2 aliphatic heterocycles. The number of amides is 1. The molecule has 3 rings (SSSR count). The molecule has 1 amide bonds. The number of piperazine rings is 2. The summed E-state index contributed by atoms with van der Waals surface area (Å²) in [6, 6.07) is 4.67. The third-order valence-electron chi connectivity index (χ3n) is 4.97. The predicted octanol–water partition coefficient (Wildman–Crippen LogP) is 1.62. The molecule has 6 nitrogen and oxygen atoms in total. The molecule has 0 aromatic heterocycles. The molecular formula is C18H29Cl2FN4O2. The summed E-state index contributed by atoms with van der Waals surface area (Å²) in [4.78, 5) is 18.7. The van der Waals surface area contributed by atoms with Gasteiger partial charge in [0.05, 0.1) is 12.8 Å². The Morgan fingerprint density at radius 3 is 2.41 bits per heavy atom. The molecule has 0 saturated carbocycles. The van der Waals surface area contributed by atoms with E-state index >= 15 is 0 Å². The van der Waals surface area contributed by atoms with E-state index < -0.39 is 0 Å². The van der Waals surface area contributed by atoms with E-state index in [0.29, 0.717) is 12.2 Å². The summed E-state index contributed by atoms with van der Waals surface area (Å²) in [5.74, 6) is 0.539. The number of rotatable bonds is 5. The van der Waals surface area contributed by atoms with Crippen LogP contribution in [0.4, 0.5) is 10.1 Å². The van der Waals surface area contributed by atoms with Crippen LogP contribution in [0, 0.1) is 5.82 Å². The SMILES string of the molecule is COc1cc(F)ccc1N1CCN(CCC(=O)N2CCNCC2)CC1.Cl.Cl. The number of ether oxygens (including phenoxy) is 1. The van der Waals surface area contributed by atoms with Gasteiger partial charge in [-0.2, -0.15) is 0 Å². The van der Waals surface area contributed by atoms with Crippen molar-refractivity contribution < 1.29 is 13.9 Å². The van der Waals surface area contributed by atoms with Crippen LogP contribution in [-0.2, 0) is 4.79 Å². The van der Waals surface area contributed by atoms with Crippen molar-refractivity contribution in [2.45, 2.75) is 6.42 Å². The molecule has 1 aromatic carbocycles. The maximum absolute atomic E-state index is 13.3. The van der Waals surface area contributed by atoms with E-state index in [1.807, 2.05) is 4.90 Å². The molecule has 2 fully saturated rings. The quantitative estimate of drug-likeness (QED) is 0.780. The van der Waals surface area contributed by atoms with E-state index in [1.54, 1.807) is 13.2 Å². The summed E-state index contributed by atoms with van der Waals surface area (Å²) in [5, 5.41) is 3.26. The average Bonchev–Trinajstić information content (AvgIpc) is 2.67. The Hall–Kier alpha value is -1.28. The van der Waals surface area contributed by atoms with Crippen LogP contribution in [0.2, 0.25) is 0 Å². The van der Waals surface area contributed by atoms with Crippen LogP contribution in [-0.4, -0.2) is 81.7 Å². The van der Waals surface area contributed by atoms with Crippen molar-refractivity contribution in [2.24, 2.45) is 0 Å². The number of nitrogens with one attached hydrogen (secondary N) is 1. The number of hydrogen-bond acceptors (Lipinski definition) is 5. The number of carbonyl (C=O) groups is 1. The van der Waals surface area contributed by atoms with Crippen LogP contribution in [0.15, 0.2) is 18.2 Å². The van der Waals surface area contributed by atoms with Gasteiger partial charge in [0.1, 0.15) is 11.6 Å². The highest BCUT2D eigenvalue weighted by Gasteiger charge is 2.22. The van der Waals surface area contributed by atoms with Crippen molar-refractivity contribution in [3.63, 3.8) is 0 Å². The molecule has 9 heteroatoms. The second kappa shape index (κ2) is 11.5. The van der Waals surface area contributed by atoms with E-state index in [0.717, 1.165) is 64.6 Å². The first kappa shape index (κ1) is 23.8. The van der Waals surface area contributed by atoms with E-state index in [4.69, 9.17) is 4.74 Å². The molecule has 0 spiro atoms. The zero-order chi connectivity index (χ0) is 17.6. The van der Waals surface area contributed by atoms with Gasteiger partial charge in [0.2, 0.25) is 5.91 Å². The summed E-state index contributed by atoms with van der Waals surface area (Å²) in [5.41, 5.74) is 0.931. The molecule has 0 radical (unpaired) electrons. The minimum Gasteiger partial charge on any atom is -0.494 e. The van der Waals surface area contributed by atoms with Crippen molar-refractivity contribution in [3.05, 3.63) is 24.0 Å². The molecule has 0 aliphatic carbocycles. The van der Waals surface area contributed by atoms with Gasteiger partial charge in [0.15, 0.2) is 0 Å². The zero-order valence-electron chi connectivity index (χ0n) is 15.7. The molecule has 0 unspecified atom stereocenters. The average molecular weight is 423 g/mol. The van der Waals surface area contributed by atoms with Crippen LogP contribution in [0.1, 0.15) is 6.42 Å². The van der Waals surface area contributed by atoms with Gasteiger partial charge in [-0.3, -0.25) is 9.69 Å². The summed E-state index contributed by atoms with van der Waals surface area (Å²) >= 11 is 0. The maximum atomic E-state index is 13.3. The lowest BCUT2D eigenvalue weighted by atomic mass is 10.2. The lowest BCUT2D eigenvalue weighted by molar-refractivity contribution is -0.132. The fourth-order valence-corrected chi connectivity index (χ4v) is 3.45. The maximum Gasteiger partial charge on any atom is 0.223 e. The van der Waals surface area contributed by atoms with E-state index in [-0.39, 0.29) is 36.5 Å². The fraction of sp³-hybridized carbons (Fsp3) is 0.611. The first-order valence-corrected chi connectivity index (χ1v) is 8.96. The third-order valence-corrected chi connectivity index (χ3v) is 4.97. The van der Waals surface area contributed by atoms with Crippen molar-refractivity contribution in [2.75, 3.05) is 70.9 Å². The number of benzene rings is 1. The van der Waals surface area contributed by atoms with E-state index in [2.05, 4.69) is 15.1 Å². The van der Waals surface area contributed by atoms with E-state index in [1.165, 1.54) is 12.1 Å². The number of halogens is 3. The number of methoxy groups -OCH3 is 1. The summed E-state index contributed by atoms with van der Waals surface area (Å²) in [6.07, 6.45) is 0.583. The van der Waals surface area contributed by atoms with Gasteiger partial charge in [0.25, 0.3) is 0 Å². The van der Waals surface area contributed by atoms with Gasteiger partial charge in [-0.15, -0.1) is 24.8 Å². The third kappa shape index (κ3) is 6.38. The second-order valence-electron chi connectivity index (χ2n) is 6.53. The highest BCUT2D eigenvalue weighted by molar-refractivity contribution is 5.85. The smallest absolute Gasteiger partial charge is 0.223 e. The minimum atomic E-state index is -0.286. The molecule has 2 aliphatic rings. The molecular weight excluding hydrogens is 394 g/mol. The van der Waals surface area contributed by atoms with Gasteiger partial charge < -0.3 is 19.9 Å². The Morgan fingerprint density at radius 1 is 1.11 bits per heavy atom. The van der Waals surface area contributed by atoms with Gasteiger partial charge >= 0.3 is 0 Å². The van der Waals surface area contributed by atoms with Crippen LogP contribution in [0.25, 0.3) is 0 Å². The highest BCUT2D eigenvalue weighted by atomic mass is 35.5. The Kier molecular flexibility index (Phi) is 10.2. The van der Waals surface area contributed by atoms with E-state index in [9.17, 15) is 9.18 Å². The van der Waals surface area contributed by atoms with Crippen molar-refractivity contribution in [3.8, 4) is 5.75 Å². The summed E-state index contributed by atoms with van der Waals surface area (Å²) in [6.45, 7) is 7.72. The van der Waals surface area contributed by atoms with Crippen molar-refractivity contribution >= 4 is 36.4 Å². The molecule has 2 saturated heterocycles. The number of carbonyl (C=O) groups excluding carboxylic acids is 1. The normalized spacial score (nSPS) is 17.7. The fourth-order valence-electron chi connectivity index (χ4n) is 3.45. The summed E-state index contributed by atoms with van der Waals surface area (Å²) in [7, 11) is 1.57. The van der Waals surface area contributed by atoms with Gasteiger partial charge in [0, 0.05) is 71.4 Å². The summed E-state index contributed by atoms with van der Waals surface area (Å²) < 4.78 is 18.6. The largest absolute Gasteiger partial charge is 0.494 e. The van der Waals surface area contributed by atoms with Crippen LogP contribution >= 0.6 is 24.8 Å². The zero-order valence-corrected chi connectivity index (χ0v) is 17.3. The number of nitrogens with zero attached hydrogens (tertiary/aromatic N) is 3. The standard InChI is InChI=1S/C18H27FN4O2.2ClH/c1-25-17-14-15(19)2-3-16(17)22-12-10-21(11-13-22)7-4-18(24)23-8-5-20-6-9-23;;/h2-3,14,20H,4-13H2,1H3;2*1H. The Labute approximate surface area is 172 Å². The highest BCUT2D eigenvalue weighted by Crippen LogP contribution is 2.29. The Bertz CT molecular complexity index is 595. The molecule has 27 heavy (non-hydrogen) atoms. The van der Waals surface area contributed by atoms with Crippen LogP contribution in [0.3, 0.4) is 0 Å². The first-order valence-electron chi connectivity index (χ1n) is 8.96. The number of hydrogen-bond donors (Lipinski definition) is 1. The van der Waals surface area contributed by atoms with Crippen molar-refractivity contribution in [1.29, 1.82) is 0 Å². The molecule has 1 N–H and O–H groups in total. The molecule has 0 atom stereocenters. The minimum absolute atomic E-state index is 0. The van der Waals surface area contributed by atoms with Gasteiger partial charge in [-0.05, 0) is 12.1 Å². The van der Waals surface area contributed by atoms with Gasteiger partial charge in [-0.1, -0.05) is 0 Å². The van der Waals surface area contributed by atoms with Crippen LogP contribution in [0.5, 0.6) is 5.75 Å². The molecule has 0 bridgehead atoms. The van der Waals surface area contributed by atoms with Crippen molar-refractivity contribution in [1.82, 2.24) is 15.1 Å². The molecule has 154 valence electrons. The predicted molar refractivity (Wildman–Crippen MR) is 110 cm³/mol. The lowest BCUT2D eigenvalue weighted by Gasteiger charge is -2.37. The Balaban J connectivity index is 0.00000182. The molecule has 2 heterocycles. The number of anilines is 1. The topological polar surface area (TPSA) is 48.1 Å². The van der Waals surface area contributed by atoms with Crippen LogP contribution < -0.4 is 15.0 Å². The molecule has 1 aromatic rings. The van der Waals surface area contributed by atoms with Gasteiger partial charge in [-0.25, -0.2) is 4.39 Å². The second-order valence-corrected chi connectivity index (χ2v) is 6.53. The first-order chi connectivity index (χ1) is 12.2. The monoisotopic (exact) mass is 422 g/mol.